The summed E-state index contributed by atoms with van der Waals surface area (Å²) in [6, 6.07) is 0.0369. The van der Waals surface area contributed by atoms with Crippen LogP contribution in [-0.4, -0.2) is 27.9 Å². The Morgan fingerprint density at radius 2 is 2.00 bits per heavy atom. The van der Waals surface area contributed by atoms with Crippen LogP contribution in [0, 0.1) is 0 Å². The first-order valence-corrected chi connectivity index (χ1v) is 6.58. The van der Waals surface area contributed by atoms with E-state index in [0.29, 0.717) is 24.8 Å². The molecule has 1 saturated heterocycles. The van der Waals surface area contributed by atoms with Gasteiger partial charge in [-0.05, 0) is 19.3 Å². The maximum Gasteiger partial charge on any atom is 0.243 e. The number of halogens is 1. The molecule has 1 aliphatic heterocycles. The second kappa shape index (κ2) is 5.99. The molecule has 6 heteroatoms. The average Bonchev–Trinajstić information content (AvgIpc) is 2.98. The number of hydrogen-bond donors (Lipinski definition) is 2. The molecule has 1 aliphatic carbocycles. The first-order valence-electron chi connectivity index (χ1n) is 6.58. The lowest BCUT2D eigenvalue weighted by molar-refractivity contribution is 0.191. The van der Waals surface area contributed by atoms with Crippen LogP contribution < -0.4 is 5.32 Å². The fraction of sp³-hybridized carbons (Fsp3) is 0.833. The van der Waals surface area contributed by atoms with Gasteiger partial charge >= 0.3 is 0 Å². The Kier molecular flexibility index (Phi) is 4.59. The largest absolute Gasteiger partial charge is 0.392 e. The highest BCUT2D eigenvalue weighted by Gasteiger charge is 2.29. The van der Waals surface area contributed by atoms with Crippen LogP contribution in [0.4, 0.5) is 0 Å². The van der Waals surface area contributed by atoms with Gasteiger partial charge in [-0.3, -0.25) is 0 Å². The molecular weight excluding hydrogens is 254 g/mol. The number of aromatic nitrogens is 2. The molecule has 1 aromatic rings. The van der Waals surface area contributed by atoms with Crippen molar-refractivity contribution < 1.29 is 9.63 Å². The van der Waals surface area contributed by atoms with Gasteiger partial charge in [-0.15, -0.1) is 12.4 Å². The Morgan fingerprint density at radius 1 is 1.22 bits per heavy atom. The highest BCUT2D eigenvalue weighted by atomic mass is 35.5. The van der Waals surface area contributed by atoms with Gasteiger partial charge in [0.05, 0.1) is 12.1 Å². The molecule has 2 atom stereocenters. The number of nitrogens with one attached hydrogen (secondary N) is 1. The SMILES string of the molecule is Cl.O[C@H]1CN[C@@H](c2nc(C3CCCCC3)no2)C1. The van der Waals surface area contributed by atoms with Crippen molar-refractivity contribution in [1.82, 2.24) is 15.5 Å². The summed E-state index contributed by atoms with van der Waals surface area (Å²) in [4.78, 5) is 4.50. The third kappa shape index (κ3) is 2.84. The molecule has 0 radical (unpaired) electrons. The van der Waals surface area contributed by atoms with Gasteiger partial charge in [0.15, 0.2) is 5.82 Å². The van der Waals surface area contributed by atoms with E-state index in [1.807, 2.05) is 0 Å². The molecule has 0 amide bonds. The van der Waals surface area contributed by atoms with Crippen LogP contribution in [0.25, 0.3) is 0 Å². The van der Waals surface area contributed by atoms with Gasteiger partial charge in [0.1, 0.15) is 0 Å². The highest BCUT2D eigenvalue weighted by Crippen LogP contribution is 2.32. The maximum atomic E-state index is 9.46. The standard InChI is InChI=1S/C12H19N3O2.ClH/c16-9-6-10(13-7-9)12-14-11(15-17-12)8-4-2-1-3-5-8;/h8-10,13,16H,1-7H2;1H/t9-,10-;/m1./s1. The molecule has 5 nitrogen and oxygen atoms in total. The van der Waals surface area contributed by atoms with Crippen LogP contribution in [0.3, 0.4) is 0 Å². The van der Waals surface area contributed by atoms with Crippen molar-refractivity contribution in [2.75, 3.05) is 6.54 Å². The number of hydrogen-bond acceptors (Lipinski definition) is 5. The lowest BCUT2D eigenvalue weighted by Gasteiger charge is -2.17. The molecule has 2 N–H and O–H groups in total. The molecule has 2 aliphatic rings. The van der Waals surface area contributed by atoms with Crippen LogP contribution in [-0.2, 0) is 0 Å². The van der Waals surface area contributed by atoms with Crippen molar-refractivity contribution in [2.24, 2.45) is 0 Å². The molecule has 1 saturated carbocycles. The van der Waals surface area contributed by atoms with E-state index in [9.17, 15) is 5.11 Å². The van der Waals surface area contributed by atoms with Crippen LogP contribution in [0.5, 0.6) is 0 Å². The van der Waals surface area contributed by atoms with E-state index in [4.69, 9.17) is 4.52 Å². The zero-order valence-corrected chi connectivity index (χ0v) is 11.2. The Balaban J connectivity index is 0.00000120. The van der Waals surface area contributed by atoms with Gasteiger partial charge in [0.25, 0.3) is 0 Å². The Hall–Kier alpha value is -0.650. The maximum absolute atomic E-state index is 9.46. The predicted molar refractivity (Wildman–Crippen MR) is 68.7 cm³/mol. The predicted octanol–water partition coefficient (Wildman–Crippen LogP) is 1.93. The lowest BCUT2D eigenvalue weighted by Crippen LogP contribution is -2.15. The number of nitrogens with zero attached hydrogens (tertiary/aromatic N) is 2. The summed E-state index contributed by atoms with van der Waals surface area (Å²) in [6.07, 6.45) is 6.62. The third-order valence-corrected chi connectivity index (χ3v) is 3.83. The molecule has 0 spiro atoms. The molecule has 102 valence electrons. The van der Waals surface area contributed by atoms with Crippen molar-refractivity contribution in [2.45, 2.75) is 56.6 Å². The lowest BCUT2D eigenvalue weighted by atomic mass is 9.89. The van der Waals surface area contributed by atoms with E-state index in [2.05, 4.69) is 15.5 Å². The fourth-order valence-electron chi connectivity index (χ4n) is 2.82. The number of aliphatic hydroxyl groups excluding tert-OH is 1. The van der Waals surface area contributed by atoms with Crippen LogP contribution in [0.15, 0.2) is 4.52 Å². The first kappa shape index (κ1) is 13.8. The zero-order chi connectivity index (χ0) is 11.7. The third-order valence-electron chi connectivity index (χ3n) is 3.83. The quantitative estimate of drug-likeness (QED) is 0.862. The van der Waals surface area contributed by atoms with Crippen molar-refractivity contribution in [3.63, 3.8) is 0 Å². The minimum absolute atomic E-state index is 0. The second-order valence-corrected chi connectivity index (χ2v) is 5.18. The van der Waals surface area contributed by atoms with E-state index in [1.165, 1.54) is 32.1 Å². The van der Waals surface area contributed by atoms with Crippen molar-refractivity contribution in [1.29, 1.82) is 0 Å². The minimum atomic E-state index is -0.287. The number of β-amino-alcohol motifs (C(OH)–C–C–N with tert-alkyl or cyclic N) is 1. The highest BCUT2D eigenvalue weighted by molar-refractivity contribution is 5.85. The van der Waals surface area contributed by atoms with Gasteiger partial charge in [0, 0.05) is 12.5 Å². The van der Waals surface area contributed by atoms with Gasteiger partial charge < -0.3 is 14.9 Å². The first-order chi connectivity index (χ1) is 8.33. The van der Waals surface area contributed by atoms with Gasteiger partial charge in [-0.1, -0.05) is 24.4 Å². The normalized spacial score (nSPS) is 29.2. The molecule has 1 aromatic heterocycles. The monoisotopic (exact) mass is 273 g/mol. The van der Waals surface area contributed by atoms with Crippen LogP contribution in [0.1, 0.15) is 62.2 Å². The number of aliphatic hydroxyl groups is 1. The molecule has 2 heterocycles. The van der Waals surface area contributed by atoms with Crippen molar-refractivity contribution in [3.8, 4) is 0 Å². The van der Waals surface area contributed by atoms with Crippen LogP contribution >= 0.6 is 12.4 Å². The zero-order valence-electron chi connectivity index (χ0n) is 10.3. The minimum Gasteiger partial charge on any atom is -0.392 e. The van der Waals surface area contributed by atoms with E-state index in [1.54, 1.807) is 0 Å². The summed E-state index contributed by atoms with van der Waals surface area (Å²) < 4.78 is 5.32. The van der Waals surface area contributed by atoms with Crippen LogP contribution in [0.2, 0.25) is 0 Å². The number of rotatable bonds is 2. The molecule has 3 rings (SSSR count). The van der Waals surface area contributed by atoms with Gasteiger partial charge in [-0.25, -0.2) is 0 Å². The Morgan fingerprint density at radius 3 is 2.67 bits per heavy atom. The van der Waals surface area contributed by atoms with Crippen molar-refractivity contribution in [3.05, 3.63) is 11.7 Å². The second-order valence-electron chi connectivity index (χ2n) is 5.18. The summed E-state index contributed by atoms with van der Waals surface area (Å²) >= 11 is 0. The van der Waals surface area contributed by atoms with E-state index in [0.717, 1.165) is 5.82 Å². The summed E-state index contributed by atoms with van der Waals surface area (Å²) in [5.41, 5.74) is 0. The van der Waals surface area contributed by atoms with Crippen molar-refractivity contribution >= 4 is 12.4 Å². The van der Waals surface area contributed by atoms with E-state index >= 15 is 0 Å². The molecule has 0 unspecified atom stereocenters. The average molecular weight is 274 g/mol. The molecular formula is C12H20ClN3O2. The summed E-state index contributed by atoms with van der Waals surface area (Å²) in [6.45, 7) is 0.617. The van der Waals surface area contributed by atoms with Gasteiger partial charge in [0.2, 0.25) is 5.89 Å². The Labute approximate surface area is 113 Å². The summed E-state index contributed by atoms with van der Waals surface area (Å²) in [5, 5.41) is 16.8. The topological polar surface area (TPSA) is 71.2 Å². The fourth-order valence-corrected chi connectivity index (χ4v) is 2.82. The molecule has 0 bridgehead atoms. The molecule has 18 heavy (non-hydrogen) atoms. The molecule has 0 aromatic carbocycles. The van der Waals surface area contributed by atoms with E-state index in [-0.39, 0.29) is 24.6 Å². The summed E-state index contributed by atoms with van der Waals surface area (Å²) in [7, 11) is 0. The Bertz CT molecular complexity index is 360. The van der Waals surface area contributed by atoms with Gasteiger partial charge in [-0.2, -0.15) is 4.98 Å². The molecule has 2 fully saturated rings. The summed E-state index contributed by atoms with van der Waals surface area (Å²) in [5.74, 6) is 1.98. The van der Waals surface area contributed by atoms with E-state index < -0.39 is 0 Å². The smallest absolute Gasteiger partial charge is 0.243 e.